The summed E-state index contributed by atoms with van der Waals surface area (Å²) in [5, 5.41) is 11.6. The first kappa shape index (κ1) is 10.1. The fourth-order valence-electron chi connectivity index (χ4n) is 1.32. The number of anilines is 1. The first-order chi connectivity index (χ1) is 7.08. The number of carboxylic acid groups (broad SMARTS) is 1. The minimum Gasteiger partial charge on any atom is -0.465 e. The van der Waals surface area contributed by atoms with Crippen molar-refractivity contribution >= 4 is 45.7 Å². The Morgan fingerprint density at radius 2 is 2.33 bits per heavy atom. The first-order valence-corrected chi connectivity index (χ1v) is 5.17. The number of hydrogen-bond acceptors (Lipinski definition) is 3. The summed E-state index contributed by atoms with van der Waals surface area (Å²) in [7, 11) is 0. The summed E-state index contributed by atoms with van der Waals surface area (Å²) in [5.74, 6) is 0.0887. The van der Waals surface area contributed by atoms with E-state index >= 15 is 0 Å². The predicted octanol–water partition coefficient (Wildman–Crippen LogP) is 1.96. The number of hydrogen-bond donors (Lipinski definition) is 3. The number of aryl methyl sites for hydroxylation is 1. The zero-order valence-corrected chi connectivity index (χ0v) is 9.86. The lowest BCUT2D eigenvalue weighted by Gasteiger charge is -2.01. The van der Waals surface area contributed by atoms with Crippen LogP contribution in [-0.4, -0.2) is 26.2 Å². The molecular formula is C8H7IN4O2. The summed E-state index contributed by atoms with van der Waals surface area (Å²) in [6.45, 7) is 1.81. The van der Waals surface area contributed by atoms with Crippen LogP contribution in [0.15, 0.2) is 6.20 Å². The van der Waals surface area contributed by atoms with Crippen molar-refractivity contribution in [1.82, 2.24) is 15.0 Å². The molecule has 0 saturated heterocycles. The van der Waals surface area contributed by atoms with Gasteiger partial charge in [-0.1, -0.05) is 0 Å². The van der Waals surface area contributed by atoms with Crippen LogP contribution in [0, 0.1) is 10.5 Å². The van der Waals surface area contributed by atoms with Gasteiger partial charge in [-0.15, -0.1) is 0 Å². The van der Waals surface area contributed by atoms with Crippen LogP contribution in [0.2, 0.25) is 0 Å². The summed E-state index contributed by atoms with van der Waals surface area (Å²) < 4.78 is 1.02. The molecule has 78 valence electrons. The van der Waals surface area contributed by atoms with E-state index in [1.54, 1.807) is 6.20 Å². The molecule has 0 atom stereocenters. The molecule has 0 aliphatic heterocycles. The molecule has 0 radical (unpaired) electrons. The zero-order chi connectivity index (χ0) is 11.0. The maximum Gasteiger partial charge on any atom is 0.411 e. The Balaban J connectivity index is 2.58. The van der Waals surface area contributed by atoms with Crippen LogP contribution in [0.25, 0.3) is 11.0 Å². The molecule has 0 fully saturated rings. The minimum absolute atomic E-state index is 0.0887. The fraction of sp³-hybridized carbons (Fsp3) is 0.125. The summed E-state index contributed by atoms with van der Waals surface area (Å²) >= 11 is 2.17. The van der Waals surface area contributed by atoms with Crippen molar-refractivity contribution in [2.24, 2.45) is 0 Å². The lowest BCUT2D eigenvalue weighted by Crippen LogP contribution is -2.11. The van der Waals surface area contributed by atoms with Crippen molar-refractivity contribution in [2.45, 2.75) is 6.92 Å². The fourth-order valence-corrected chi connectivity index (χ4v) is 2.12. The Hall–Kier alpha value is -1.38. The number of nitrogens with one attached hydrogen (secondary N) is 2. The Kier molecular flexibility index (Phi) is 2.47. The molecule has 0 bridgehead atoms. The van der Waals surface area contributed by atoms with Gasteiger partial charge in [0, 0.05) is 9.77 Å². The number of H-pyrrole nitrogens is 1. The molecule has 0 unspecified atom stereocenters. The average Bonchev–Trinajstić information content (AvgIpc) is 2.46. The van der Waals surface area contributed by atoms with Gasteiger partial charge < -0.3 is 10.1 Å². The molecule has 0 aliphatic carbocycles. The second-order valence-electron chi connectivity index (χ2n) is 2.92. The highest BCUT2D eigenvalue weighted by Gasteiger charge is 2.10. The molecule has 0 aromatic carbocycles. The molecule has 1 amide bonds. The monoisotopic (exact) mass is 318 g/mol. The van der Waals surface area contributed by atoms with Crippen molar-refractivity contribution < 1.29 is 9.90 Å². The smallest absolute Gasteiger partial charge is 0.411 e. The largest absolute Gasteiger partial charge is 0.465 e. The van der Waals surface area contributed by atoms with Crippen molar-refractivity contribution in [3.05, 3.63) is 15.5 Å². The van der Waals surface area contributed by atoms with Gasteiger partial charge in [0.2, 0.25) is 5.95 Å². The molecular weight excluding hydrogens is 311 g/mol. The van der Waals surface area contributed by atoms with Gasteiger partial charge in [-0.25, -0.2) is 9.78 Å². The number of nitrogens with zero attached hydrogens (tertiary/aromatic N) is 2. The molecule has 2 aromatic rings. The molecule has 3 N–H and O–H groups in total. The van der Waals surface area contributed by atoms with Gasteiger partial charge in [0.15, 0.2) is 0 Å². The first-order valence-electron chi connectivity index (χ1n) is 4.09. The van der Waals surface area contributed by atoms with Crippen LogP contribution >= 0.6 is 22.6 Å². The third kappa shape index (κ3) is 1.87. The van der Waals surface area contributed by atoms with E-state index in [-0.39, 0.29) is 5.95 Å². The molecule has 0 aliphatic rings. The Morgan fingerprint density at radius 3 is 3.00 bits per heavy atom. The normalized spacial score (nSPS) is 10.5. The molecule has 2 aromatic heterocycles. The molecule has 6 nitrogen and oxygen atoms in total. The van der Waals surface area contributed by atoms with Gasteiger partial charge in [-0.3, -0.25) is 5.32 Å². The number of aromatic nitrogens is 3. The van der Waals surface area contributed by atoms with Crippen LogP contribution < -0.4 is 5.32 Å². The van der Waals surface area contributed by atoms with E-state index in [0.717, 1.165) is 14.7 Å². The number of carbonyl (C=O) groups is 1. The number of halogens is 1. The quantitative estimate of drug-likeness (QED) is 0.701. The topological polar surface area (TPSA) is 90.9 Å². The summed E-state index contributed by atoms with van der Waals surface area (Å²) in [6, 6.07) is 0. The summed E-state index contributed by atoms with van der Waals surface area (Å²) in [5.41, 5.74) is 1.38. The SMILES string of the molecule is Cc1nc(NC(=O)O)nc2[nH]cc(I)c12. The Morgan fingerprint density at radius 1 is 1.60 bits per heavy atom. The van der Waals surface area contributed by atoms with Gasteiger partial charge in [-0.05, 0) is 29.5 Å². The van der Waals surface area contributed by atoms with Gasteiger partial charge in [0.05, 0.1) is 11.1 Å². The summed E-state index contributed by atoms with van der Waals surface area (Å²) in [4.78, 5) is 21.4. The third-order valence-corrected chi connectivity index (χ3v) is 2.73. The standard InChI is InChI=1S/C8H7IN4O2/c1-3-5-4(9)2-10-6(5)12-7(11-3)13-8(14)15/h2H,1H3,(H,14,15)(H2,10,11,12,13). The zero-order valence-electron chi connectivity index (χ0n) is 7.71. The average molecular weight is 318 g/mol. The lowest BCUT2D eigenvalue weighted by molar-refractivity contribution is 0.209. The lowest BCUT2D eigenvalue weighted by atomic mass is 10.3. The summed E-state index contributed by atoms with van der Waals surface area (Å²) in [6.07, 6.45) is 0.632. The highest BCUT2D eigenvalue weighted by molar-refractivity contribution is 14.1. The molecule has 0 saturated carbocycles. The number of fused-ring (bicyclic) bond motifs is 1. The van der Waals surface area contributed by atoms with Crippen molar-refractivity contribution in [2.75, 3.05) is 5.32 Å². The van der Waals surface area contributed by atoms with Gasteiger partial charge in [-0.2, -0.15) is 4.98 Å². The van der Waals surface area contributed by atoms with E-state index in [1.807, 2.05) is 6.92 Å². The molecule has 2 heterocycles. The predicted molar refractivity (Wildman–Crippen MR) is 63.0 cm³/mol. The Labute approximate surface area is 98.3 Å². The van der Waals surface area contributed by atoms with E-state index in [4.69, 9.17) is 5.11 Å². The number of rotatable bonds is 1. The van der Waals surface area contributed by atoms with Crippen LogP contribution in [0.3, 0.4) is 0 Å². The maximum atomic E-state index is 10.4. The van der Waals surface area contributed by atoms with Crippen LogP contribution in [0.4, 0.5) is 10.7 Å². The third-order valence-electron chi connectivity index (χ3n) is 1.88. The van der Waals surface area contributed by atoms with Crippen molar-refractivity contribution in [1.29, 1.82) is 0 Å². The van der Waals surface area contributed by atoms with Crippen molar-refractivity contribution in [3.63, 3.8) is 0 Å². The van der Waals surface area contributed by atoms with Crippen molar-refractivity contribution in [3.8, 4) is 0 Å². The van der Waals surface area contributed by atoms with E-state index < -0.39 is 6.09 Å². The molecule has 7 heteroatoms. The van der Waals surface area contributed by atoms with Gasteiger partial charge in [0.1, 0.15) is 5.65 Å². The number of amides is 1. The van der Waals surface area contributed by atoms with Crippen LogP contribution in [0.1, 0.15) is 5.69 Å². The van der Waals surface area contributed by atoms with Crippen LogP contribution in [0.5, 0.6) is 0 Å². The molecule has 2 rings (SSSR count). The van der Waals surface area contributed by atoms with E-state index in [9.17, 15) is 4.79 Å². The van der Waals surface area contributed by atoms with Gasteiger partial charge >= 0.3 is 6.09 Å². The van der Waals surface area contributed by atoms with Gasteiger partial charge in [0.25, 0.3) is 0 Å². The minimum atomic E-state index is -1.17. The molecule has 15 heavy (non-hydrogen) atoms. The second-order valence-corrected chi connectivity index (χ2v) is 4.09. The maximum absolute atomic E-state index is 10.4. The highest BCUT2D eigenvalue weighted by Crippen LogP contribution is 2.22. The van der Waals surface area contributed by atoms with E-state index in [2.05, 4.69) is 42.9 Å². The Bertz CT molecular complexity index is 537. The van der Waals surface area contributed by atoms with Crippen LogP contribution in [-0.2, 0) is 0 Å². The highest BCUT2D eigenvalue weighted by atomic mass is 127. The number of aromatic amines is 1. The van der Waals surface area contributed by atoms with E-state index in [0.29, 0.717) is 5.65 Å². The molecule has 0 spiro atoms. The van der Waals surface area contributed by atoms with E-state index in [1.165, 1.54) is 0 Å². The second kappa shape index (κ2) is 3.65.